The Labute approximate surface area is 171 Å². The molecule has 3 aromatic heterocycles. The first kappa shape index (κ1) is 18.9. The number of piperidine rings is 1. The highest BCUT2D eigenvalue weighted by Gasteiger charge is 2.28. The topological polar surface area (TPSA) is 58.9 Å². The summed E-state index contributed by atoms with van der Waals surface area (Å²) < 4.78 is 4.12. The van der Waals surface area contributed by atoms with Crippen LogP contribution in [0, 0.1) is 5.92 Å². The van der Waals surface area contributed by atoms with Crippen molar-refractivity contribution in [2.45, 2.75) is 70.9 Å². The molecule has 156 valence electrons. The van der Waals surface area contributed by atoms with Gasteiger partial charge in [0.1, 0.15) is 5.65 Å². The van der Waals surface area contributed by atoms with Crippen LogP contribution in [0.3, 0.4) is 0 Å². The fourth-order valence-corrected chi connectivity index (χ4v) is 5.60. The third-order valence-electron chi connectivity index (χ3n) is 7.21. The molecule has 3 aromatic rings. The van der Waals surface area contributed by atoms with E-state index in [4.69, 9.17) is 0 Å². The fourth-order valence-electron chi connectivity index (χ4n) is 5.60. The van der Waals surface area contributed by atoms with E-state index in [1.54, 1.807) is 0 Å². The average molecular weight is 396 g/mol. The van der Waals surface area contributed by atoms with Gasteiger partial charge in [-0.2, -0.15) is 0 Å². The van der Waals surface area contributed by atoms with Crippen LogP contribution in [-0.2, 0) is 6.54 Å². The number of aromatic nitrogens is 4. The minimum absolute atomic E-state index is 0.160. The second kappa shape index (κ2) is 7.98. The second-order valence-electron chi connectivity index (χ2n) is 9.12. The number of likely N-dealkylation sites (tertiary alicyclic amines) is 1. The highest BCUT2D eigenvalue weighted by atomic mass is 16.1. The van der Waals surface area contributed by atoms with E-state index >= 15 is 0 Å². The molecule has 4 heterocycles. The van der Waals surface area contributed by atoms with Gasteiger partial charge in [-0.1, -0.05) is 26.2 Å². The summed E-state index contributed by atoms with van der Waals surface area (Å²) in [5.74, 6) is 0.538. The summed E-state index contributed by atoms with van der Waals surface area (Å²) in [6.07, 6.45) is 13.6. The lowest BCUT2D eigenvalue weighted by atomic mass is 9.85. The maximum Gasteiger partial charge on any atom is 0.329 e. The van der Waals surface area contributed by atoms with Crippen LogP contribution in [0.2, 0.25) is 0 Å². The summed E-state index contributed by atoms with van der Waals surface area (Å²) in [5.41, 5.74) is 3.12. The molecular weight excluding hydrogens is 362 g/mol. The summed E-state index contributed by atoms with van der Waals surface area (Å²) in [7, 11) is 0. The van der Waals surface area contributed by atoms with Crippen LogP contribution >= 0.6 is 0 Å². The molecule has 1 saturated carbocycles. The smallest absolute Gasteiger partial charge is 0.329 e. The third kappa shape index (κ3) is 3.41. The van der Waals surface area contributed by atoms with Crippen molar-refractivity contribution in [2.24, 2.45) is 5.92 Å². The van der Waals surface area contributed by atoms with Crippen molar-refractivity contribution in [1.82, 2.24) is 24.0 Å². The van der Waals surface area contributed by atoms with Gasteiger partial charge in [0.2, 0.25) is 0 Å². The number of hydrogen-bond acceptors (Lipinski definition) is 3. The summed E-state index contributed by atoms with van der Waals surface area (Å²) >= 11 is 0. The van der Waals surface area contributed by atoms with Gasteiger partial charge in [-0.15, -0.1) is 0 Å². The zero-order valence-electron chi connectivity index (χ0n) is 17.6. The van der Waals surface area contributed by atoms with Gasteiger partial charge in [0.15, 0.2) is 0 Å². The maximum atomic E-state index is 13.7. The number of nitrogens with zero attached hydrogens (tertiary/aromatic N) is 4. The number of imidazole rings is 1. The van der Waals surface area contributed by atoms with Gasteiger partial charge in [0, 0.05) is 24.2 Å². The van der Waals surface area contributed by atoms with E-state index in [2.05, 4.69) is 32.4 Å². The van der Waals surface area contributed by atoms with Gasteiger partial charge in [-0.05, 0) is 63.7 Å². The number of aryl methyl sites for hydroxylation is 1. The molecule has 2 aliphatic rings. The molecule has 1 aliphatic carbocycles. The molecule has 2 fully saturated rings. The molecule has 6 heteroatoms. The van der Waals surface area contributed by atoms with E-state index in [0.717, 1.165) is 48.0 Å². The summed E-state index contributed by atoms with van der Waals surface area (Å²) in [5, 5.41) is 1.08. The van der Waals surface area contributed by atoms with E-state index in [0.29, 0.717) is 12.0 Å². The first-order valence-corrected chi connectivity index (χ1v) is 11.5. The first-order chi connectivity index (χ1) is 14.2. The number of nitrogens with one attached hydrogen (secondary N) is 1. The van der Waals surface area contributed by atoms with Crippen LogP contribution in [0.5, 0.6) is 0 Å². The molecular formula is C23H33N5O. The molecule has 0 aromatic carbocycles. The molecule has 0 radical (unpaired) electrons. The van der Waals surface area contributed by atoms with Crippen molar-refractivity contribution in [2.75, 3.05) is 19.6 Å². The predicted molar refractivity (Wildman–Crippen MR) is 117 cm³/mol. The summed E-state index contributed by atoms with van der Waals surface area (Å²) in [6, 6.07) is 2.37. The fraction of sp³-hybridized carbons (Fsp3) is 0.652. The molecule has 1 N–H and O–H groups in total. The standard InChI is InChI=1S/C23H33N5O/c1-17-8-3-4-9-19(17)28-21-18-10-11-24-22(18)25-16-20(21)27(23(28)29)15-7-14-26-12-5-2-6-13-26/h10-11,16-17,19H,2-9,12-15H2,1H3,(H,24,25)/t17-,19+/m1/s1. The van der Waals surface area contributed by atoms with Gasteiger partial charge >= 0.3 is 5.69 Å². The Bertz CT molecular complexity index is 1040. The Balaban J connectivity index is 1.53. The average Bonchev–Trinajstić information content (AvgIpc) is 3.32. The van der Waals surface area contributed by atoms with Gasteiger partial charge in [-0.25, -0.2) is 9.78 Å². The maximum absolute atomic E-state index is 13.7. The third-order valence-corrected chi connectivity index (χ3v) is 7.21. The predicted octanol–water partition coefficient (Wildman–Crippen LogP) is 4.31. The number of fused-ring (bicyclic) bond motifs is 3. The van der Waals surface area contributed by atoms with Gasteiger partial charge in [0.05, 0.1) is 17.2 Å². The monoisotopic (exact) mass is 395 g/mol. The molecule has 1 aliphatic heterocycles. The quantitative estimate of drug-likeness (QED) is 0.700. The lowest BCUT2D eigenvalue weighted by Gasteiger charge is -2.29. The van der Waals surface area contributed by atoms with Crippen molar-refractivity contribution in [3.05, 3.63) is 28.9 Å². The first-order valence-electron chi connectivity index (χ1n) is 11.5. The van der Waals surface area contributed by atoms with E-state index in [-0.39, 0.29) is 5.69 Å². The molecule has 0 amide bonds. The lowest BCUT2D eigenvalue weighted by Crippen LogP contribution is -2.33. The minimum atomic E-state index is 0.160. The molecule has 0 bridgehead atoms. The highest BCUT2D eigenvalue weighted by Crippen LogP contribution is 2.36. The number of hydrogen-bond donors (Lipinski definition) is 1. The normalized spacial score (nSPS) is 23.9. The summed E-state index contributed by atoms with van der Waals surface area (Å²) in [6.45, 7) is 6.59. The van der Waals surface area contributed by atoms with E-state index in [1.165, 1.54) is 51.6 Å². The van der Waals surface area contributed by atoms with E-state index < -0.39 is 0 Å². The highest BCUT2D eigenvalue weighted by molar-refractivity contribution is 6.01. The van der Waals surface area contributed by atoms with Crippen LogP contribution < -0.4 is 5.69 Å². The molecule has 29 heavy (non-hydrogen) atoms. The van der Waals surface area contributed by atoms with E-state index in [1.807, 2.05) is 17.0 Å². The molecule has 5 rings (SSSR count). The molecule has 6 nitrogen and oxygen atoms in total. The largest absolute Gasteiger partial charge is 0.346 e. The van der Waals surface area contributed by atoms with Crippen LogP contribution in [0.25, 0.3) is 22.1 Å². The second-order valence-corrected chi connectivity index (χ2v) is 9.12. The number of pyridine rings is 1. The number of H-pyrrole nitrogens is 1. The van der Waals surface area contributed by atoms with Gasteiger partial charge in [0.25, 0.3) is 0 Å². The minimum Gasteiger partial charge on any atom is -0.346 e. The van der Waals surface area contributed by atoms with Crippen LogP contribution in [-0.4, -0.2) is 43.6 Å². The molecule has 0 unspecified atom stereocenters. The molecule has 2 atom stereocenters. The van der Waals surface area contributed by atoms with Crippen molar-refractivity contribution in [1.29, 1.82) is 0 Å². The van der Waals surface area contributed by atoms with E-state index in [9.17, 15) is 4.79 Å². The van der Waals surface area contributed by atoms with Gasteiger partial charge < -0.3 is 9.88 Å². The van der Waals surface area contributed by atoms with Crippen LogP contribution in [0.1, 0.15) is 64.3 Å². The van der Waals surface area contributed by atoms with Crippen molar-refractivity contribution in [3.63, 3.8) is 0 Å². The van der Waals surface area contributed by atoms with Crippen LogP contribution in [0.15, 0.2) is 23.3 Å². The molecule has 0 spiro atoms. The molecule has 1 saturated heterocycles. The zero-order chi connectivity index (χ0) is 19.8. The SMILES string of the molecule is C[C@@H]1CCCC[C@@H]1n1c(=O)n(CCCN2CCCCC2)c2cnc3[nH]ccc3c21. The Morgan fingerprint density at radius 3 is 2.76 bits per heavy atom. The zero-order valence-corrected chi connectivity index (χ0v) is 17.6. The van der Waals surface area contributed by atoms with Crippen molar-refractivity contribution < 1.29 is 0 Å². The Morgan fingerprint density at radius 1 is 1.10 bits per heavy atom. The Hall–Kier alpha value is -2.08. The van der Waals surface area contributed by atoms with Crippen LogP contribution in [0.4, 0.5) is 0 Å². The van der Waals surface area contributed by atoms with Crippen molar-refractivity contribution >= 4 is 22.1 Å². The number of aromatic amines is 1. The lowest BCUT2D eigenvalue weighted by molar-refractivity contribution is 0.222. The van der Waals surface area contributed by atoms with Crippen molar-refractivity contribution in [3.8, 4) is 0 Å². The van der Waals surface area contributed by atoms with Gasteiger partial charge in [-0.3, -0.25) is 9.13 Å². The number of rotatable bonds is 5. The summed E-state index contributed by atoms with van der Waals surface area (Å²) in [4.78, 5) is 24.0. The Morgan fingerprint density at radius 2 is 1.93 bits per heavy atom. The Kier molecular flexibility index (Phi) is 5.20.